The van der Waals surface area contributed by atoms with E-state index in [1.165, 1.54) is 0 Å². The number of rotatable bonds is 6. The molecule has 2 aromatic carbocycles. The monoisotopic (exact) mass is 291 g/mol. The van der Waals surface area contributed by atoms with Crippen LogP contribution in [0.15, 0.2) is 36.4 Å². The smallest absolute Gasteiger partial charge is 0.127 e. The molecule has 0 amide bonds. The fourth-order valence-electron chi connectivity index (χ4n) is 2.20. The standard InChI is InChI=1S/C17H22ClNO/c1-4-19-11-17(12(2)3)20-16-10-9-15(18)13-7-5-6-8-14(13)16/h5-10,12,17,19H,4,11H2,1-3H3. The molecule has 3 heteroatoms. The van der Waals surface area contributed by atoms with Crippen molar-refractivity contribution in [1.82, 2.24) is 5.32 Å². The topological polar surface area (TPSA) is 21.3 Å². The molecule has 0 fully saturated rings. The molecule has 1 atom stereocenters. The van der Waals surface area contributed by atoms with Gasteiger partial charge in [-0.2, -0.15) is 0 Å². The second-order valence-electron chi connectivity index (χ2n) is 5.30. The quantitative estimate of drug-likeness (QED) is 0.846. The Hall–Kier alpha value is -1.25. The molecule has 2 aromatic rings. The van der Waals surface area contributed by atoms with Gasteiger partial charge in [0.05, 0.1) is 0 Å². The van der Waals surface area contributed by atoms with Crippen LogP contribution in [-0.4, -0.2) is 19.2 Å². The number of halogens is 1. The van der Waals surface area contributed by atoms with Crippen LogP contribution in [0.1, 0.15) is 20.8 Å². The van der Waals surface area contributed by atoms with Gasteiger partial charge in [0, 0.05) is 22.3 Å². The van der Waals surface area contributed by atoms with Gasteiger partial charge in [0.1, 0.15) is 11.9 Å². The fourth-order valence-corrected chi connectivity index (χ4v) is 2.43. The van der Waals surface area contributed by atoms with Gasteiger partial charge in [-0.3, -0.25) is 0 Å². The van der Waals surface area contributed by atoms with Crippen molar-refractivity contribution in [1.29, 1.82) is 0 Å². The number of nitrogens with one attached hydrogen (secondary N) is 1. The summed E-state index contributed by atoms with van der Waals surface area (Å²) in [5.41, 5.74) is 0. The van der Waals surface area contributed by atoms with Gasteiger partial charge >= 0.3 is 0 Å². The Morgan fingerprint density at radius 1 is 1.10 bits per heavy atom. The van der Waals surface area contributed by atoms with E-state index in [1.807, 2.05) is 30.3 Å². The van der Waals surface area contributed by atoms with Gasteiger partial charge in [0.25, 0.3) is 0 Å². The maximum atomic E-state index is 6.24. The first-order valence-corrected chi connectivity index (χ1v) is 7.56. The van der Waals surface area contributed by atoms with Crippen molar-refractivity contribution >= 4 is 22.4 Å². The number of ether oxygens (including phenoxy) is 1. The van der Waals surface area contributed by atoms with E-state index in [9.17, 15) is 0 Å². The van der Waals surface area contributed by atoms with Gasteiger partial charge in [-0.05, 0) is 24.6 Å². The molecule has 1 N–H and O–H groups in total. The predicted molar refractivity (Wildman–Crippen MR) is 86.8 cm³/mol. The molecule has 0 spiro atoms. The highest BCUT2D eigenvalue weighted by Crippen LogP contribution is 2.32. The lowest BCUT2D eigenvalue weighted by atomic mass is 10.1. The average Bonchev–Trinajstić information content (AvgIpc) is 2.45. The molecule has 108 valence electrons. The Morgan fingerprint density at radius 2 is 1.80 bits per heavy atom. The normalized spacial score (nSPS) is 12.8. The van der Waals surface area contributed by atoms with E-state index in [2.05, 4.69) is 32.2 Å². The van der Waals surface area contributed by atoms with Crippen molar-refractivity contribution in [3.05, 3.63) is 41.4 Å². The maximum absolute atomic E-state index is 6.24. The summed E-state index contributed by atoms with van der Waals surface area (Å²) in [6.45, 7) is 8.27. The minimum absolute atomic E-state index is 0.152. The summed E-state index contributed by atoms with van der Waals surface area (Å²) in [5.74, 6) is 1.35. The van der Waals surface area contributed by atoms with Crippen molar-refractivity contribution in [3.8, 4) is 5.75 Å². The highest BCUT2D eigenvalue weighted by atomic mass is 35.5. The average molecular weight is 292 g/mol. The van der Waals surface area contributed by atoms with Crippen LogP contribution in [0.4, 0.5) is 0 Å². The van der Waals surface area contributed by atoms with Gasteiger partial charge in [0.15, 0.2) is 0 Å². The molecule has 0 aromatic heterocycles. The Kier molecular flexibility index (Phi) is 5.27. The molecule has 0 aliphatic heterocycles. The Bertz CT molecular complexity index is 568. The summed E-state index contributed by atoms with van der Waals surface area (Å²) in [6, 6.07) is 12.0. The third kappa shape index (κ3) is 3.44. The Labute approximate surface area is 126 Å². The number of hydrogen-bond donors (Lipinski definition) is 1. The lowest BCUT2D eigenvalue weighted by Crippen LogP contribution is -2.35. The molecular weight excluding hydrogens is 270 g/mol. The molecule has 0 saturated heterocycles. The van der Waals surface area contributed by atoms with E-state index in [-0.39, 0.29) is 6.10 Å². The van der Waals surface area contributed by atoms with Crippen molar-refractivity contribution in [2.75, 3.05) is 13.1 Å². The zero-order chi connectivity index (χ0) is 14.5. The Balaban J connectivity index is 2.30. The van der Waals surface area contributed by atoms with Crippen molar-refractivity contribution < 1.29 is 4.74 Å². The van der Waals surface area contributed by atoms with E-state index >= 15 is 0 Å². The van der Waals surface area contributed by atoms with E-state index in [4.69, 9.17) is 16.3 Å². The summed E-state index contributed by atoms with van der Waals surface area (Å²) >= 11 is 6.24. The van der Waals surface area contributed by atoms with Crippen molar-refractivity contribution in [2.24, 2.45) is 5.92 Å². The highest BCUT2D eigenvalue weighted by Gasteiger charge is 2.16. The molecule has 0 heterocycles. The van der Waals surface area contributed by atoms with E-state index in [1.54, 1.807) is 0 Å². The molecule has 0 aliphatic carbocycles. The lowest BCUT2D eigenvalue weighted by Gasteiger charge is -2.24. The first-order valence-electron chi connectivity index (χ1n) is 7.18. The summed E-state index contributed by atoms with van der Waals surface area (Å²) in [7, 11) is 0. The first kappa shape index (κ1) is 15.1. The molecule has 0 saturated carbocycles. The zero-order valence-corrected chi connectivity index (χ0v) is 13.1. The second kappa shape index (κ2) is 6.96. The molecule has 20 heavy (non-hydrogen) atoms. The predicted octanol–water partition coefficient (Wildman–Crippen LogP) is 4.51. The summed E-state index contributed by atoms with van der Waals surface area (Å²) in [4.78, 5) is 0. The van der Waals surface area contributed by atoms with Gasteiger partial charge in [0.2, 0.25) is 0 Å². The van der Waals surface area contributed by atoms with Crippen LogP contribution < -0.4 is 10.1 Å². The Morgan fingerprint density at radius 3 is 2.45 bits per heavy atom. The number of hydrogen-bond acceptors (Lipinski definition) is 2. The van der Waals surface area contributed by atoms with Gasteiger partial charge in [-0.25, -0.2) is 0 Å². The van der Waals surface area contributed by atoms with E-state index < -0.39 is 0 Å². The van der Waals surface area contributed by atoms with Crippen LogP contribution in [0.5, 0.6) is 5.75 Å². The first-order chi connectivity index (χ1) is 9.63. The third-order valence-electron chi connectivity index (χ3n) is 3.45. The number of likely N-dealkylation sites (N-methyl/N-ethyl adjacent to an activating group) is 1. The molecular formula is C17H22ClNO. The van der Waals surface area contributed by atoms with Crippen LogP contribution in [0.2, 0.25) is 5.02 Å². The molecule has 0 radical (unpaired) electrons. The molecule has 0 aliphatic rings. The minimum atomic E-state index is 0.152. The van der Waals surface area contributed by atoms with E-state index in [0.29, 0.717) is 5.92 Å². The molecule has 2 nitrogen and oxygen atoms in total. The third-order valence-corrected chi connectivity index (χ3v) is 3.78. The number of fused-ring (bicyclic) bond motifs is 1. The number of benzene rings is 2. The SMILES string of the molecule is CCNCC(Oc1ccc(Cl)c2ccccc12)C(C)C. The molecule has 0 bridgehead atoms. The van der Waals surface area contributed by atoms with Crippen LogP contribution >= 0.6 is 11.6 Å². The molecule has 2 rings (SSSR count). The largest absolute Gasteiger partial charge is 0.488 e. The van der Waals surface area contributed by atoms with Gasteiger partial charge < -0.3 is 10.1 Å². The summed E-state index contributed by atoms with van der Waals surface area (Å²) in [5, 5.41) is 6.23. The lowest BCUT2D eigenvalue weighted by molar-refractivity contribution is 0.152. The molecule has 1 unspecified atom stereocenters. The van der Waals surface area contributed by atoms with Crippen LogP contribution in [0.3, 0.4) is 0 Å². The second-order valence-corrected chi connectivity index (χ2v) is 5.71. The van der Waals surface area contributed by atoms with Gasteiger partial charge in [-0.1, -0.05) is 56.6 Å². The van der Waals surface area contributed by atoms with Crippen LogP contribution in [0.25, 0.3) is 10.8 Å². The zero-order valence-electron chi connectivity index (χ0n) is 12.3. The summed E-state index contributed by atoms with van der Waals surface area (Å²) in [6.07, 6.45) is 0.152. The minimum Gasteiger partial charge on any atom is -0.488 e. The van der Waals surface area contributed by atoms with Crippen LogP contribution in [-0.2, 0) is 0 Å². The maximum Gasteiger partial charge on any atom is 0.127 e. The summed E-state index contributed by atoms with van der Waals surface area (Å²) < 4.78 is 6.23. The fraction of sp³-hybridized carbons (Fsp3) is 0.412. The van der Waals surface area contributed by atoms with Crippen molar-refractivity contribution in [3.63, 3.8) is 0 Å². The van der Waals surface area contributed by atoms with Gasteiger partial charge in [-0.15, -0.1) is 0 Å². The highest BCUT2D eigenvalue weighted by molar-refractivity contribution is 6.35. The van der Waals surface area contributed by atoms with Crippen molar-refractivity contribution in [2.45, 2.75) is 26.9 Å². The van der Waals surface area contributed by atoms with Crippen LogP contribution in [0, 0.1) is 5.92 Å². The van der Waals surface area contributed by atoms with E-state index in [0.717, 1.165) is 34.6 Å².